The van der Waals surface area contributed by atoms with E-state index in [1.807, 2.05) is 6.07 Å². The van der Waals surface area contributed by atoms with Gasteiger partial charge in [-0.1, -0.05) is 237 Å². The predicted octanol–water partition coefficient (Wildman–Crippen LogP) is 19.6. The lowest BCUT2D eigenvalue weighted by Crippen LogP contribution is -2.28. The summed E-state index contributed by atoms with van der Waals surface area (Å²) >= 11 is 0. The molecule has 0 saturated carbocycles. The number of rotatable bonds is 10. The molecule has 366 valence electrons. The summed E-state index contributed by atoms with van der Waals surface area (Å²) in [6, 6.07) is 112. The van der Waals surface area contributed by atoms with Crippen molar-refractivity contribution in [2.75, 3.05) is 4.90 Å². The topological polar surface area (TPSA) is 16.4 Å². The highest BCUT2D eigenvalue weighted by Gasteiger charge is 2.47. The number of fused-ring (bicyclic) bond motifs is 7. The summed E-state index contributed by atoms with van der Waals surface area (Å²) in [5, 5.41) is 1.09. The molecule has 0 unspecified atom stereocenters. The van der Waals surface area contributed by atoms with Crippen molar-refractivity contribution in [1.29, 1.82) is 0 Å². The van der Waals surface area contributed by atoms with E-state index in [-0.39, 0.29) is 0 Å². The molecule has 0 aliphatic heterocycles. The molecule has 0 fully saturated rings. The molecule has 78 heavy (non-hydrogen) atoms. The van der Waals surface area contributed by atoms with E-state index >= 15 is 0 Å². The summed E-state index contributed by atoms with van der Waals surface area (Å²) in [6.45, 7) is 0. The van der Waals surface area contributed by atoms with Gasteiger partial charge in [-0.3, -0.25) is 0 Å². The molecule has 2 aliphatic rings. The average Bonchev–Trinajstić information content (AvgIpc) is 4.41. The van der Waals surface area contributed by atoms with Gasteiger partial charge in [-0.2, -0.15) is 0 Å². The van der Waals surface area contributed by atoms with Crippen molar-refractivity contribution in [3.63, 3.8) is 0 Å². The second-order valence-corrected chi connectivity index (χ2v) is 20.7. The lowest BCUT2D eigenvalue weighted by Gasteiger charge is -2.33. The molecule has 0 spiro atoms. The molecule has 1 aromatic heterocycles. The molecule has 0 radical (unpaired) electrons. The van der Waals surface area contributed by atoms with E-state index in [1.54, 1.807) is 6.26 Å². The van der Waals surface area contributed by atoms with Gasteiger partial charge >= 0.3 is 0 Å². The van der Waals surface area contributed by atoms with Gasteiger partial charge in [0.15, 0.2) is 0 Å². The number of furan rings is 1. The third kappa shape index (κ3) is 7.04. The van der Waals surface area contributed by atoms with Crippen molar-refractivity contribution < 1.29 is 4.42 Å². The molecule has 0 N–H and O–H groups in total. The first-order valence-electron chi connectivity index (χ1n) is 27.0. The Kier molecular flexibility index (Phi) is 10.7. The molecule has 2 heteroatoms. The summed E-state index contributed by atoms with van der Waals surface area (Å²) in [5.74, 6) is 0. The van der Waals surface area contributed by atoms with Gasteiger partial charge in [0.2, 0.25) is 0 Å². The van der Waals surface area contributed by atoms with Crippen molar-refractivity contribution in [2.24, 2.45) is 0 Å². The van der Waals surface area contributed by atoms with Crippen LogP contribution in [0.25, 0.3) is 66.6 Å². The first-order chi connectivity index (χ1) is 38.7. The smallest absolute Gasteiger partial charge is 0.133 e. The zero-order valence-electron chi connectivity index (χ0n) is 42.8. The average molecular weight is 994 g/mol. The Labute approximate surface area is 455 Å². The Bertz CT molecular complexity index is 4270. The van der Waals surface area contributed by atoms with Gasteiger partial charge in [0.25, 0.3) is 0 Å². The van der Waals surface area contributed by atoms with E-state index in [0.717, 1.165) is 50.3 Å². The molecule has 13 aromatic rings. The lowest BCUT2D eigenvalue weighted by atomic mass is 9.67. The van der Waals surface area contributed by atoms with E-state index in [2.05, 4.69) is 302 Å². The van der Waals surface area contributed by atoms with Gasteiger partial charge < -0.3 is 9.32 Å². The highest BCUT2D eigenvalue weighted by atomic mass is 16.3. The van der Waals surface area contributed by atoms with Gasteiger partial charge in [-0.15, -0.1) is 0 Å². The lowest BCUT2D eigenvalue weighted by molar-refractivity contribution is 0.616. The fourth-order valence-electron chi connectivity index (χ4n) is 13.3. The second kappa shape index (κ2) is 18.4. The van der Waals surface area contributed by atoms with Crippen molar-refractivity contribution >= 4 is 28.0 Å². The monoisotopic (exact) mass is 993 g/mol. The van der Waals surface area contributed by atoms with Gasteiger partial charge in [0.05, 0.1) is 17.1 Å². The molecule has 0 amide bonds. The third-order valence-electron chi connectivity index (χ3n) is 16.7. The molecule has 15 rings (SSSR count). The predicted molar refractivity (Wildman–Crippen MR) is 322 cm³/mol. The number of benzene rings is 12. The maximum atomic E-state index is 5.69. The number of nitrogens with zero attached hydrogens (tertiary/aromatic N) is 1. The van der Waals surface area contributed by atoms with Gasteiger partial charge in [-0.05, 0) is 167 Å². The fraction of sp³-hybridized carbons (Fsp3) is 0.0263. The quantitative estimate of drug-likeness (QED) is 0.136. The summed E-state index contributed by atoms with van der Waals surface area (Å²) < 4.78 is 5.69. The SMILES string of the molecule is c1ccc(C2(c3ccccc3)c3ccccc3-c3cc(-c4ccc(N(c5ccc(-c6ccc7occc7c6)cc5)c5cccc(-c6ccc7c(c6)-c6ccccc6C7(c6ccccc6)c6ccccc6)c5)cc4)ccc32)cc1. The minimum Gasteiger partial charge on any atom is -0.464 e. The minimum atomic E-state index is -0.451. The maximum absolute atomic E-state index is 5.69. The minimum absolute atomic E-state index is 0.438. The largest absolute Gasteiger partial charge is 0.464 e. The Morgan fingerprint density at radius 2 is 0.628 bits per heavy atom. The van der Waals surface area contributed by atoms with Gasteiger partial charge in [-0.25, -0.2) is 0 Å². The Morgan fingerprint density at radius 1 is 0.244 bits per heavy atom. The molecular weight excluding hydrogens is 943 g/mol. The van der Waals surface area contributed by atoms with Crippen LogP contribution in [0.5, 0.6) is 0 Å². The molecule has 12 aromatic carbocycles. The first-order valence-corrected chi connectivity index (χ1v) is 27.0. The van der Waals surface area contributed by atoms with Crippen molar-refractivity contribution in [2.45, 2.75) is 10.8 Å². The van der Waals surface area contributed by atoms with Crippen LogP contribution in [-0.2, 0) is 10.8 Å². The van der Waals surface area contributed by atoms with Crippen molar-refractivity contribution in [1.82, 2.24) is 0 Å². The standard InChI is InChI=1S/C76H51NO/c1-5-19-59(20-6-1)75(60-21-7-2-8-22-60)70-30-15-13-28-66(70)68-50-56(36-43-72(68)75)53-34-41-64(42-35-53)77(63-39-32-52(33-40-63)55-38-45-74-58(48-55)46-47-78-74)65-27-17-18-54(49-65)57-37-44-73-69(51-57)67-29-14-16-31-71(67)76(73,61-23-9-3-10-24-61)62-25-11-4-12-26-62/h1-51H. The highest BCUT2D eigenvalue weighted by molar-refractivity contribution is 5.92. The van der Waals surface area contributed by atoms with E-state index in [0.29, 0.717) is 0 Å². The van der Waals surface area contributed by atoms with Crippen LogP contribution < -0.4 is 4.90 Å². The van der Waals surface area contributed by atoms with Crippen molar-refractivity contribution in [3.8, 4) is 55.6 Å². The van der Waals surface area contributed by atoms with Crippen molar-refractivity contribution in [3.05, 3.63) is 354 Å². The van der Waals surface area contributed by atoms with E-state index in [1.165, 1.54) is 77.9 Å². The van der Waals surface area contributed by atoms with Crippen LogP contribution in [0.3, 0.4) is 0 Å². The fourth-order valence-corrected chi connectivity index (χ4v) is 13.3. The Hall–Kier alpha value is -10.0. The molecule has 2 aliphatic carbocycles. The molecule has 0 bridgehead atoms. The van der Waals surface area contributed by atoms with Crippen LogP contribution in [0, 0.1) is 0 Å². The number of anilines is 3. The molecular formula is C76H51NO. The Balaban J connectivity index is 0.837. The zero-order chi connectivity index (χ0) is 51.6. The molecule has 0 atom stereocenters. The first kappa shape index (κ1) is 45.4. The highest BCUT2D eigenvalue weighted by Crippen LogP contribution is 2.58. The zero-order valence-corrected chi connectivity index (χ0v) is 42.8. The summed E-state index contributed by atoms with van der Waals surface area (Å²) in [7, 11) is 0. The molecule has 1 heterocycles. The third-order valence-corrected chi connectivity index (χ3v) is 16.7. The molecule has 2 nitrogen and oxygen atoms in total. The summed E-state index contributed by atoms with van der Waals surface area (Å²) in [6.07, 6.45) is 1.75. The van der Waals surface area contributed by atoms with Crippen LogP contribution in [0.15, 0.2) is 314 Å². The van der Waals surface area contributed by atoms with Crippen LogP contribution >= 0.6 is 0 Å². The van der Waals surface area contributed by atoms with Gasteiger partial charge in [0, 0.05) is 22.4 Å². The van der Waals surface area contributed by atoms with Gasteiger partial charge in [0.1, 0.15) is 5.58 Å². The van der Waals surface area contributed by atoms with E-state index in [9.17, 15) is 0 Å². The second-order valence-electron chi connectivity index (χ2n) is 20.7. The summed E-state index contributed by atoms with van der Waals surface area (Å²) in [4.78, 5) is 2.39. The number of hydrogen-bond donors (Lipinski definition) is 0. The Morgan fingerprint density at radius 3 is 1.12 bits per heavy atom. The van der Waals surface area contributed by atoms with Crippen LogP contribution in [-0.4, -0.2) is 0 Å². The van der Waals surface area contributed by atoms with Crippen LogP contribution in [0.2, 0.25) is 0 Å². The normalized spacial score (nSPS) is 13.3. The van der Waals surface area contributed by atoms with E-state index in [4.69, 9.17) is 4.42 Å². The van der Waals surface area contributed by atoms with E-state index < -0.39 is 10.8 Å². The number of hydrogen-bond acceptors (Lipinski definition) is 2. The maximum Gasteiger partial charge on any atom is 0.133 e. The van der Waals surface area contributed by atoms with Crippen LogP contribution in [0.1, 0.15) is 44.5 Å². The molecule has 0 saturated heterocycles. The summed E-state index contributed by atoms with van der Waals surface area (Å²) in [5.41, 5.74) is 25.5. The van der Waals surface area contributed by atoms with Crippen LogP contribution in [0.4, 0.5) is 17.1 Å².